The third kappa shape index (κ3) is 4.09. The van der Waals surface area contributed by atoms with Gasteiger partial charge in [-0.05, 0) is 12.8 Å². The van der Waals surface area contributed by atoms with Crippen molar-refractivity contribution in [2.45, 2.75) is 25.8 Å². The van der Waals surface area contributed by atoms with E-state index in [1.54, 1.807) is 7.11 Å². The molecule has 0 heterocycles. The van der Waals surface area contributed by atoms with Crippen LogP contribution in [0.25, 0.3) is 0 Å². The van der Waals surface area contributed by atoms with Gasteiger partial charge in [0.15, 0.2) is 0 Å². The molecule has 0 aliphatic carbocycles. The van der Waals surface area contributed by atoms with Gasteiger partial charge in [0.05, 0.1) is 6.04 Å². The minimum absolute atomic E-state index is 0.0510. The molecule has 0 radical (unpaired) electrons. The van der Waals surface area contributed by atoms with Crippen LogP contribution < -0.4 is 0 Å². The molecule has 0 aromatic carbocycles. The Labute approximate surface area is 55.4 Å². The van der Waals surface area contributed by atoms with Crippen molar-refractivity contribution in [2.75, 3.05) is 13.7 Å². The Morgan fingerprint density at radius 2 is 2.33 bits per heavy atom. The van der Waals surface area contributed by atoms with Crippen LogP contribution in [0.5, 0.6) is 0 Å². The molecular formula is C6H13NO2. The topological polar surface area (TPSA) is 38.7 Å². The predicted molar refractivity (Wildman–Crippen MR) is 36.4 cm³/mol. The molecule has 54 valence electrons. The number of ether oxygens (including phenoxy) is 1. The summed E-state index contributed by atoms with van der Waals surface area (Å²) in [7, 11) is 1.62. The van der Waals surface area contributed by atoms with Gasteiger partial charge in [-0.3, -0.25) is 0 Å². The van der Waals surface area contributed by atoms with Crippen LogP contribution in [0.15, 0.2) is 5.18 Å². The average Bonchev–Trinajstić information content (AvgIpc) is 1.91. The summed E-state index contributed by atoms with van der Waals surface area (Å²) in [4.78, 5) is 9.94. The Hall–Kier alpha value is -0.440. The van der Waals surface area contributed by atoms with Gasteiger partial charge in [-0.1, -0.05) is 12.1 Å². The van der Waals surface area contributed by atoms with E-state index in [2.05, 4.69) is 5.18 Å². The quantitative estimate of drug-likeness (QED) is 0.531. The van der Waals surface area contributed by atoms with E-state index in [0.29, 0.717) is 6.61 Å². The van der Waals surface area contributed by atoms with E-state index < -0.39 is 0 Å². The van der Waals surface area contributed by atoms with Crippen molar-refractivity contribution in [3.8, 4) is 0 Å². The summed E-state index contributed by atoms with van der Waals surface area (Å²) >= 11 is 0. The van der Waals surface area contributed by atoms with E-state index in [1.165, 1.54) is 0 Å². The first kappa shape index (κ1) is 8.56. The molecular weight excluding hydrogens is 118 g/mol. The highest BCUT2D eigenvalue weighted by molar-refractivity contribution is 4.61. The second kappa shape index (κ2) is 5.69. The normalized spacial score (nSPS) is 13.1. The van der Waals surface area contributed by atoms with Gasteiger partial charge in [-0.15, -0.1) is 0 Å². The lowest BCUT2D eigenvalue weighted by Crippen LogP contribution is -2.04. The van der Waals surface area contributed by atoms with Gasteiger partial charge in [-0.25, -0.2) is 0 Å². The Morgan fingerprint density at radius 3 is 2.67 bits per heavy atom. The first-order chi connectivity index (χ1) is 4.35. The molecule has 0 aliphatic rings. The van der Waals surface area contributed by atoms with Crippen LogP contribution >= 0.6 is 0 Å². The van der Waals surface area contributed by atoms with Crippen LogP contribution in [0.2, 0.25) is 0 Å². The van der Waals surface area contributed by atoms with Gasteiger partial charge < -0.3 is 4.74 Å². The molecule has 0 fully saturated rings. The highest BCUT2D eigenvalue weighted by atomic mass is 16.5. The van der Waals surface area contributed by atoms with Crippen LogP contribution in [-0.2, 0) is 4.74 Å². The molecule has 0 rings (SSSR count). The fourth-order valence-electron chi connectivity index (χ4n) is 0.585. The zero-order chi connectivity index (χ0) is 7.11. The van der Waals surface area contributed by atoms with Crippen molar-refractivity contribution in [3.05, 3.63) is 4.91 Å². The third-order valence-electron chi connectivity index (χ3n) is 1.28. The maximum Gasteiger partial charge on any atom is 0.0939 e. The second-order valence-electron chi connectivity index (χ2n) is 1.95. The molecule has 0 saturated heterocycles. The van der Waals surface area contributed by atoms with Crippen molar-refractivity contribution in [2.24, 2.45) is 5.18 Å². The Morgan fingerprint density at radius 1 is 1.67 bits per heavy atom. The van der Waals surface area contributed by atoms with Crippen LogP contribution in [0.4, 0.5) is 0 Å². The highest BCUT2D eigenvalue weighted by Gasteiger charge is 2.02. The summed E-state index contributed by atoms with van der Waals surface area (Å²) in [6.45, 7) is 2.58. The molecule has 0 spiro atoms. The Balaban J connectivity index is 3.20. The third-order valence-corrected chi connectivity index (χ3v) is 1.28. The van der Waals surface area contributed by atoms with Gasteiger partial charge in [0, 0.05) is 13.7 Å². The van der Waals surface area contributed by atoms with Gasteiger partial charge >= 0.3 is 0 Å². The summed E-state index contributed by atoms with van der Waals surface area (Å²) in [6.07, 6.45) is 1.56. The number of hydrogen-bond donors (Lipinski definition) is 0. The van der Waals surface area contributed by atoms with E-state index in [-0.39, 0.29) is 6.04 Å². The minimum Gasteiger partial charge on any atom is -0.385 e. The van der Waals surface area contributed by atoms with Crippen LogP contribution in [0.3, 0.4) is 0 Å². The Kier molecular flexibility index (Phi) is 5.41. The number of rotatable bonds is 5. The van der Waals surface area contributed by atoms with Crippen LogP contribution in [0.1, 0.15) is 19.8 Å². The van der Waals surface area contributed by atoms with Gasteiger partial charge in [0.25, 0.3) is 0 Å². The average molecular weight is 131 g/mol. The molecule has 0 N–H and O–H groups in total. The zero-order valence-electron chi connectivity index (χ0n) is 5.96. The lowest BCUT2D eigenvalue weighted by Gasteiger charge is -2.02. The fraction of sp³-hybridized carbons (Fsp3) is 1.00. The van der Waals surface area contributed by atoms with E-state index in [4.69, 9.17) is 4.74 Å². The molecule has 0 amide bonds. The van der Waals surface area contributed by atoms with Crippen molar-refractivity contribution in [1.82, 2.24) is 0 Å². The largest absolute Gasteiger partial charge is 0.385 e. The van der Waals surface area contributed by atoms with Gasteiger partial charge in [0.2, 0.25) is 0 Å². The molecule has 1 unspecified atom stereocenters. The van der Waals surface area contributed by atoms with Gasteiger partial charge in [-0.2, -0.15) is 4.91 Å². The number of nitroso groups, excluding NO2 is 1. The summed E-state index contributed by atoms with van der Waals surface area (Å²) in [5.41, 5.74) is 0. The van der Waals surface area contributed by atoms with Crippen molar-refractivity contribution in [1.29, 1.82) is 0 Å². The SMILES string of the molecule is CCC(CCOC)N=O. The first-order valence-corrected chi connectivity index (χ1v) is 3.16. The maximum absolute atomic E-state index is 9.94. The minimum atomic E-state index is -0.0510. The fourth-order valence-corrected chi connectivity index (χ4v) is 0.585. The van der Waals surface area contributed by atoms with E-state index in [9.17, 15) is 4.91 Å². The number of hydrogen-bond acceptors (Lipinski definition) is 3. The standard InChI is InChI=1S/C6H13NO2/c1-3-6(7-8)4-5-9-2/h6H,3-5H2,1-2H3. The Bertz CT molecular complexity index is 75.5. The maximum atomic E-state index is 9.94. The summed E-state index contributed by atoms with van der Waals surface area (Å²) in [5, 5.41) is 2.91. The lowest BCUT2D eigenvalue weighted by atomic mass is 10.2. The molecule has 0 aromatic heterocycles. The highest BCUT2D eigenvalue weighted by Crippen LogP contribution is 2.01. The van der Waals surface area contributed by atoms with E-state index in [0.717, 1.165) is 12.8 Å². The zero-order valence-corrected chi connectivity index (χ0v) is 5.96. The monoisotopic (exact) mass is 131 g/mol. The summed E-state index contributed by atoms with van der Waals surface area (Å²) in [5.74, 6) is 0. The number of nitrogens with zero attached hydrogens (tertiary/aromatic N) is 1. The van der Waals surface area contributed by atoms with E-state index >= 15 is 0 Å². The molecule has 9 heavy (non-hydrogen) atoms. The molecule has 0 saturated carbocycles. The molecule has 3 nitrogen and oxygen atoms in total. The first-order valence-electron chi connectivity index (χ1n) is 3.16. The molecule has 0 aliphatic heterocycles. The van der Waals surface area contributed by atoms with Crippen molar-refractivity contribution in [3.63, 3.8) is 0 Å². The summed E-state index contributed by atoms with van der Waals surface area (Å²) < 4.78 is 4.78. The second-order valence-corrected chi connectivity index (χ2v) is 1.95. The predicted octanol–water partition coefficient (Wildman–Crippen LogP) is 1.57. The molecule has 0 bridgehead atoms. The molecule has 1 atom stereocenters. The van der Waals surface area contributed by atoms with Crippen molar-refractivity contribution < 1.29 is 4.74 Å². The molecule has 0 aromatic rings. The van der Waals surface area contributed by atoms with E-state index in [1.807, 2.05) is 6.92 Å². The van der Waals surface area contributed by atoms with Crippen LogP contribution in [-0.4, -0.2) is 19.8 Å². The molecule has 3 heteroatoms. The van der Waals surface area contributed by atoms with Crippen molar-refractivity contribution >= 4 is 0 Å². The van der Waals surface area contributed by atoms with Crippen LogP contribution in [0, 0.1) is 4.91 Å². The van der Waals surface area contributed by atoms with Gasteiger partial charge in [0.1, 0.15) is 0 Å². The number of methoxy groups -OCH3 is 1. The summed E-state index contributed by atoms with van der Waals surface area (Å²) in [6, 6.07) is -0.0510. The lowest BCUT2D eigenvalue weighted by molar-refractivity contribution is 0.187. The smallest absolute Gasteiger partial charge is 0.0939 e.